The maximum absolute atomic E-state index is 11.8. The lowest BCUT2D eigenvalue weighted by Gasteiger charge is -2.43. The lowest BCUT2D eigenvalue weighted by molar-refractivity contribution is -0.126. The molecule has 1 aliphatic heterocycles. The number of hydrogen-bond donors (Lipinski definition) is 2. The zero-order chi connectivity index (χ0) is 16.9. The Hall–Kier alpha value is -1.59. The number of para-hydroxylation sites is 1. The Morgan fingerprint density at radius 2 is 1.88 bits per heavy atom. The normalized spacial score (nSPS) is 29.2. The van der Waals surface area contributed by atoms with Gasteiger partial charge in [0.2, 0.25) is 5.91 Å². The van der Waals surface area contributed by atoms with Gasteiger partial charge in [0.15, 0.2) is 0 Å². The van der Waals surface area contributed by atoms with Crippen molar-refractivity contribution in [2.75, 3.05) is 20.1 Å². The van der Waals surface area contributed by atoms with Crippen LogP contribution in [0.15, 0.2) is 30.3 Å². The molecular formula is C19H28N2O3. The minimum atomic E-state index is -0.476. The van der Waals surface area contributed by atoms with E-state index in [1.807, 2.05) is 30.3 Å². The molecule has 1 saturated heterocycles. The molecule has 1 saturated carbocycles. The zero-order valence-corrected chi connectivity index (χ0v) is 14.4. The predicted octanol–water partition coefficient (Wildman–Crippen LogP) is 1.81. The highest BCUT2D eigenvalue weighted by Crippen LogP contribution is 2.30. The Morgan fingerprint density at radius 1 is 1.17 bits per heavy atom. The standard InChI is InChI=1S/C19H28N2O3/c1-20-19(23)14-10-12-21(13-11-14)16-8-5-9-17(18(16)22)24-15-6-3-2-4-7-15/h2-4,6-7,14,16-18,22H,5,8-13H2,1H3,(H,20,23)/t16-,17+,18+/m0/s1. The number of amides is 1. The van der Waals surface area contributed by atoms with Crippen molar-refractivity contribution in [3.05, 3.63) is 30.3 Å². The van der Waals surface area contributed by atoms with Crippen molar-refractivity contribution in [1.82, 2.24) is 10.2 Å². The third-order valence-corrected chi connectivity index (χ3v) is 5.41. The van der Waals surface area contributed by atoms with E-state index in [1.165, 1.54) is 0 Å². The van der Waals surface area contributed by atoms with Crippen LogP contribution in [0, 0.1) is 5.92 Å². The van der Waals surface area contributed by atoms with Gasteiger partial charge in [0.05, 0.1) is 0 Å². The van der Waals surface area contributed by atoms with Crippen LogP contribution >= 0.6 is 0 Å². The van der Waals surface area contributed by atoms with Crippen LogP contribution in [0.25, 0.3) is 0 Å². The van der Waals surface area contributed by atoms with Crippen LogP contribution in [0.4, 0.5) is 0 Å². The van der Waals surface area contributed by atoms with Crippen LogP contribution in [0.5, 0.6) is 5.75 Å². The summed E-state index contributed by atoms with van der Waals surface area (Å²) in [7, 11) is 1.70. The molecule has 1 aliphatic carbocycles. The summed E-state index contributed by atoms with van der Waals surface area (Å²) in [6, 6.07) is 9.87. The van der Waals surface area contributed by atoms with E-state index >= 15 is 0 Å². The number of hydrogen-bond acceptors (Lipinski definition) is 4. The lowest BCUT2D eigenvalue weighted by Crippen LogP contribution is -2.55. The van der Waals surface area contributed by atoms with E-state index in [0.29, 0.717) is 0 Å². The summed E-state index contributed by atoms with van der Waals surface area (Å²) < 4.78 is 6.02. The van der Waals surface area contributed by atoms with Crippen molar-refractivity contribution < 1.29 is 14.6 Å². The molecule has 0 bridgehead atoms. The summed E-state index contributed by atoms with van der Waals surface area (Å²) in [6.45, 7) is 1.75. The summed E-state index contributed by atoms with van der Waals surface area (Å²) in [5.74, 6) is 1.08. The summed E-state index contributed by atoms with van der Waals surface area (Å²) in [6.07, 6.45) is 4.06. The number of nitrogens with one attached hydrogen (secondary N) is 1. The minimum absolute atomic E-state index is 0.114. The monoisotopic (exact) mass is 332 g/mol. The van der Waals surface area contributed by atoms with Crippen molar-refractivity contribution in [2.24, 2.45) is 5.92 Å². The molecule has 0 radical (unpaired) electrons. The first-order valence-electron chi connectivity index (χ1n) is 9.04. The second-order valence-corrected chi connectivity index (χ2v) is 6.88. The molecule has 1 aromatic carbocycles. The largest absolute Gasteiger partial charge is 0.488 e. The van der Waals surface area contributed by atoms with Crippen LogP contribution in [-0.4, -0.2) is 54.3 Å². The molecule has 0 spiro atoms. The number of piperidine rings is 1. The van der Waals surface area contributed by atoms with E-state index in [0.717, 1.165) is 50.9 Å². The Bertz CT molecular complexity index is 529. The topological polar surface area (TPSA) is 61.8 Å². The Labute approximate surface area is 144 Å². The van der Waals surface area contributed by atoms with Gasteiger partial charge in [-0.3, -0.25) is 9.69 Å². The highest BCUT2D eigenvalue weighted by molar-refractivity contribution is 5.78. The van der Waals surface area contributed by atoms with Crippen LogP contribution in [0.2, 0.25) is 0 Å². The molecule has 1 heterocycles. The third-order valence-electron chi connectivity index (χ3n) is 5.41. The molecule has 2 aliphatic rings. The van der Waals surface area contributed by atoms with Gasteiger partial charge in [0.1, 0.15) is 18.0 Å². The van der Waals surface area contributed by atoms with Crippen molar-refractivity contribution in [2.45, 2.75) is 50.4 Å². The molecule has 5 heteroatoms. The lowest BCUT2D eigenvalue weighted by atomic mass is 9.86. The maximum Gasteiger partial charge on any atom is 0.222 e. The Kier molecular flexibility index (Phi) is 5.74. The first-order chi connectivity index (χ1) is 11.7. The van der Waals surface area contributed by atoms with Gasteiger partial charge >= 0.3 is 0 Å². The van der Waals surface area contributed by atoms with Gasteiger partial charge in [0.25, 0.3) is 0 Å². The summed E-state index contributed by atoms with van der Waals surface area (Å²) in [4.78, 5) is 14.1. The quantitative estimate of drug-likeness (QED) is 0.883. The number of aliphatic hydroxyl groups excluding tert-OH is 1. The minimum Gasteiger partial charge on any atom is -0.488 e. The number of aliphatic hydroxyl groups is 1. The molecule has 5 nitrogen and oxygen atoms in total. The first-order valence-corrected chi connectivity index (χ1v) is 9.04. The highest BCUT2D eigenvalue weighted by Gasteiger charge is 2.38. The first kappa shape index (κ1) is 17.2. The van der Waals surface area contributed by atoms with Gasteiger partial charge in [0, 0.05) is 19.0 Å². The van der Waals surface area contributed by atoms with E-state index in [-0.39, 0.29) is 24.0 Å². The van der Waals surface area contributed by atoms with Crippen molar-refractivity contribution in [3.8, 4) is 5.75 Å². The van der Waals surface area contributed by atoms with Crippen LogP contribution in [-0.2, 0) is 4.79 Å². The van der Waals surface area contributed by atoms with Gasteiger partial charge in [-0.15, -0.1) is 0 Å². The van der Waals surface area contributed by atoms with Gasteiger partial charge in [-0.25, -0.2) is 0 Å². The van der Waals surface area contributed by atoms with E-state index in [4.69, 9.17) is 4.74 Å². The molecule has 3 rings (SSSR count). The molecule has 1 amide bonds. The number of likely N-dealkylation sites (tertiary alicyclic amines) is 1. The van der Waals surface area contributed by atoms with Crippen molar-refractivity contribution in [3.63, 3.8) is 0 Å². The SMILES string of the molecule is CNC(=O)C1CCN([C@H]2CCC[C@@H](Oc3ccccc3)[C@@H]2O)CC1. The summed E-state index contributed by atoms with van der Waals surface area (Å²) in [5, 5.41) is 13.6. The second kappa shape index (κ2) is 7.99. The summed E-state index contributed by atoms with van der Waals surface area (Å²) in [5.41, 5.74) is 0. The van der Waals surface area contributed by atoms with Crippen LogP contribution < -0.4 is 10.1 Å². The molecular weight excluding hydrogens is 304 g/mol. The fourth-order valence-electron chi connectivity index (χ4n) is 4.02. The zero-order valence-electron chi connectivity index (χ0n) is 14.4. The maximum atomic E-state index is 11.8. The average molecular weight is 332 g/mol. The van der Waals surface area contributed by atoms with Crippen LogP contribution in [0.3, 0.4) is 0 Å². The molecule has 3 atom stereocenters. The highest BCUT2D eigenvalue weighted by atomic mass is 16.5. The average Bonchev–Trinajstić information content (AvgIpc) is 2.64. The molecule has 2 fully saturated rings. The molecule has 1 aromatic rings. The van der Waals surface area contributed by atoms with E-state index < -0.39 is 6.10 Å². The van der Waals surface area contributed by atoms with E-state index in [2.05, 4.69) is 10.2 Å². The number of ether oxygens (including phenoxy) is 1. The van der Waals surface area contributed by atoms with Gasteiger partial charge in [-0.2, -0.15) is 0 Å². The number of nitrogens with zero attached hydrogens (tertiary/aromatic N) is 1. The molecule has 132 valence electrons. The molecule has 2 N–H and O–H groups in total. The Balaban J connectivity index is 1.57. The van der Waals surface area contributed by atoms with E-state index in [1.54, 1.807) is 7.05 Å². The molecule has 24 heavy (non-hydrogen) atoms. The summed E-state index contributed by atoms with van der Waals surface area (Å²) >= 11 is 0. The number of benzene rings is 1. The molecule has 0 aromatic heterocycles. The fourth-order valence-corrected chi connectivity index (χ4v) is 4.02. The number of carbonyl (C=O) groups excluding carboxylic acids is 1. The Morgan fingerprint density at radius 3 is 2.54 bits per heavy atom. The van der Waals surface area contributed by atoms with Crippen molar-refractivity contribution >= 4 is 5.91 Å². The van der Waals surface area contributed by atoms with Crippen molar-refractivity contribution in [1.29, 1.82) is 0 Å². The predicted molar refractivity (Wildman–Crippen MR) is 92.9 cm³/mol. The number of carbonyl (C=O) groups is 1. The molecule has 0 unspecified atom stereocenters. The van der Waals surface area contributed by atoms with Crippen LogP contribution in [0.1, 0.15) is 32.1 Å². The second-order valence-electron chi connectivity index (χ2n) is 6.88. The van der Waals surface area contributed by atoms with Gasteiger partial charge < -0.3 is 15.2 Å². The smallest absolute Gasteiger partial charge is 0.222 e. The van der Waals surface area contributed by atoms with Gasteiger partial charge in [-0.1, -0.05) is 18.2 Å². The van der Waals surface area contributed by atoms with E-state index in [9.17, 15) is 9.90 Å². The fraction of sp³-hybridized carbons (Fsp3) is 0.632. The number of rotatable bonds is 4. The third kappa shape index (κ3) is 3.90. The van der Waals surface area contributed by atoms with Gasteiger partial charge in [-0.05, 0) is 57.3 Å².